The molecule has 0 unspecified atom stereocenters. The van der Waals surface area contributed by atoms with Gasteiger partial charge in [-0.3, -0.25) is 19.2 Å². The van der Waals surface area contributed by atoms with Crippen molar-refractivity contribution in [3.63, 3.8) is 0 Å². The fourth-order valence-corrected chi connectivity index (χ4v) is 10.6. The highest BCUT2D eigenvalue weighted by Gasteiger charge is 2.32. The number of carbonyl (C=O) groups excluding carboxylic acids is 10. The van der Waals surface area contributed by atoms with Crippen LogP contribution in [0.5, 0.6) is 46.0 Å². The van der Waals surface area contributed by atoms with Gasteiger partial charge in [0.05, 0.1) is 77.8 Å². The van der Waals surface area contributed by atoms with Crippen molar-refractivity contribution in [1.82, 2.24) is 0 Å². The van der Waals surface area contributed by atoms with Crippen LogP contribution in [0.15, 0.2) is 202 Å². The molecule has 0 saturated heterocycles. The van der Waals surface area contributed by atoms with E-state index in [0.29, 0.717) is 117 Å². The molecule has 2 saturated carbocycles. The maximum absolute atomic E-state index is 13.0. The van der Waals surface area contributed by atoms with Crippen molar-refractivity contribution >= 4 is 71.1 Å². The van der Waals surface area contributed by atoms with Crippen LogP contribution in [0.1, 0.15) is 130 Å². The average molecular weight is 1550 g/mol. The number of nitrogens with zero attached hydrogens (tertiary/aromatic N) is 1. The van der Waals surface area contributed by atoms with Crippen molar-refractivity contribution < 1.29 is 114 Å². The lowest BCUT2D eigenvalue weighted by Gasteiger charge is -2.26. The zero-order chi connectivity index (χ0) is 81.8. The van der Waals surface area contributed by atoms with Crippen LogP contribution in [0.25, 0.3) is 6.08 Å². The standard InChI is InChI=1S/C33H39NO6.C16H22O4.C14H18O4.2C12H12O5/c1-22(35)24-9-13-26(14-10-24)32(37)39-30-17-18-31(40-33(38)27-15-11-25(12-16-27)23(2)36)28(21-30)19-20-34(3)29-7-5-4-6-8-29;1-3-16(17)20-13-7-5-4-6-12-19-15-10-8-14(18-2)9-11-15;1-3-14(15)18-11-5-4-10-17-13-8-6-12(16-2)7-9-13;2*1-3-11(13)16-8-17-12(14)9-4-6-10(15-2)7-5-9/h4-8,17-21,24-27H,9-16H2,1-3H3;3,8-11H,1,4-7,12-13H2,2H3;3,6-9H,1,4-5,10-11H2,2H3;2*3-7H,1,8H2,2H3/b20-19+;;;;. The number of anilines is 1. The van der Waals surface area contributed by atoms with E-state index in [9.17, 15) is 47.9 Å². The molecule has 0 spiro atoms. The maximum Gasteiger partial charge on any atom is 0.341 e. The lowest BCUT2D eigenvalue weighted by Crippen LogP contribution is -2.28. The molecule has 8 rings (SSSR count). The number of methoxy groups -OCH3 is 4. The minimum Gasteiger partial charge on any atom is -0.497 e. The Bertz CT molecular complexity index is 3870. The molecule has 0 atom stereocenters. The molecule has 25 nitrogen and oxygen atoms in total. The lowest BCUT2D eigenvalue weighted by molar-refractivity contribution is -0.147. The number of para-hydroxylation sites is 1. The topological polar surface area (TPSA) is 303 Å². The number of ketones is 2. The van der Waals surface area contributed by atoms with Gasteiger partial charge in [0.2, 0.25) is 13.6 Å². The molecule has 112 heavy (non-hydrogen) atoms. The number of benzene rings is 6. The highest BCUT2D eigenvalue weighted by Crippen LogP contribution is 2.35. The van der Waals surface area contributed by atoms with Crippen molar-refractivity contribution in [2.45, 2.75) is 104 Å². The Kier molecular flexibility index (Phi) is 44.0. The van der Waals surface area contributed by atoms with Gasteiger partial charge in [-0.2, -0.15) is 0 Å². The van der Waals surface area contributed by atoms with Gasteiger partial charge in [0.1, 0.15) is 57.6 Å². The highest BCUT2D eigenvalue weighted by atomic mass is 16.7. The van der Waals surface area contributed by atoms with Gasteiger partial charge in [-0.05, 0) is 237 Å². The Morgan fingerprint density at radius 1 is 0.375 bits per heavy atom. The first kappa shape index (κ1) is 92.1. The number of rotatable bonds is 37. The third-order valence-corrected chi connectivity index (χ3v) is 17.1. The molecule has 600 valence electrons. The van der Waals surface area contributed by atoms with E-state index < -0.39 is 37.5 Å². The summed E-state index contributed by atoms with van der Waals surface area (Å²) in [6.45, 7) is 17.6. The van der Waals surface area contributed by atoms with E-state index >= 15 is 0 Å². The zero-order valence-corrected chi connectivity index (χ0v) is 64.8. The Hall–Kier alpha value is -12.3. The van der Waals surface area contributed by atoms with E-state index in [4.69, 9.17) is 56.8 Å². The molecule has 0 heterocycles. The van der Waals surface area contributed by atoms with E-state index in [-0.39, 0.29) is 59.1 Å². The van der Waals surface area contributed by atoms with Gasteiger partial charge < -0.3 is 71.2 Å². The average Bonchev–Trinajstić information content (AvgIpc) is 0.802. The molecule has 25 heteroatoms. The maximum atomic E-state index is 13.0. The van der Waals surface area contributed by atoms with Gasteiger partial charge in [-0.1, -0.05) is 44.5 Å². The van der Waals surface area contributed by atoms with Crippen LogP contribution in [-0.2, 0) is 66.8 Å². The summed E-state index contributed by atoms with van der Waals surface area (Å²) in [5.41, 5.74) is 2.29. The van der Waals surface area contributed by atoms with Gasteiger partial charge in [0, 0.05) is 60.6 Å². The Balaban J connectivity index is 0.000000314. The number of unbranched alkanes of at least 4 members (excludes halogenated alkanes) is 4. The summed E-state index contributed by atoms with van der Waals surface area (Å²) in [6, 6.07) is 42.6. The van der Waals surface area contributed by atoms with E-state index in [1.165, 1.54) is 20.3 Å². The van der Waals surface area contributed by atoms with Crippen molar-refractivity contribution in [2.75, 3.05) is 80.4 Å². The molecule has 2 fully saturated rings. The predicted molar refractivity (Wildman–Crippen MR) is 420 cm³/mol. The first-order valence-electron chi connectivity index (χ1n) is 36.4. The first-order chi connectivity index (χ1) is 54.1. The molecule has 0 aromatic heterocycles. The number of esters is 8. The van der Waals surface area contributed by atoms with Crippen LogP contribution in [0, 0.1) is 23.7 Å². The summed E-state index contributed by atoms with van der Waals surface area (Å²) in [5.74, 6) is 1.48. The van der Waals surface area contributed by atoms with Crippen molar-refractivity contribution in [3.8, 4) is 46.0 Å². The Labute approximate surface area is 655 Å². The monoisotopic (exact) mass is 1550 g/mol. The van der Waals surface area contributed by atoms with E-state index in [2.05, 4.69) is 35.8 Å². The number of Topliss-reactive ketones (excluding diaryl/α,β-unsaturated/α-hetero) is 2. The van der Waals surface area contributed by atoms with Gasteiger partial charge in [0.25, 0.3) is 0 Å². The fourth-order valence-electron chi connectivity index (χ4n) is 10.6. The van der Waals surface area contributed by atoms with Crippen LogP contribution < -0.4 is 42.8 Å². The quantitative estimate of drug-likeness (QED) is 0.00873. The second-order valence-corrected chi connectivity index (χ2v) is 24.9. The highest BCUT2D eigenvalue weighted by molar-refractivity contribution is 5.90. The predicted octanol–water partition coefficient (Wildman–Crippen LogP) is 15.4. The summed E-state index contributed by atoms with van der Waals surface area (Å²) in [4.78, 5) is 117. The Morgan fingerprint density at radius 3 is 1.09 bits per heavy atom. The molecule has 2 aliphatic rings. The normalized spacial score (nSPS) is 14.3. The number of carbonyl (C=O) groups is 10. The summed E-state index contributed by atoms with van der Waals surface area (Å²) in [7, 11) is 8.25. The molecule has 0 bridgehead atoms. The third-order valence-electron chi connectivity index (χ3n) is 17.1. The van der Waals surface area contributed by atoms with E-state index in [0.717, 1.165) is 85.4 Å². The van der Waals surface area contributed by atoms with Gasteiger partial charge in [-0.25, -0.2) is 28.8 Å². The second-order valence-electron chi connectivity index (χ2n) is 24.9. The van der Waals surface area contributed by atoms with Crippen LogP contribution in [0.2, 0.25) is 0 Å². The fraction of sp³-hybridized carbons (Fsp3) is 0.356. The summed E-state index contributed by atoms with van der Waals surface area (Å²) in [5, 5.41) is 0. The van der Waals surface area contributed by atoms with Gasteiger partial charge in [-0.15, -0.1) is 0 Å². The van der Waals surface area contributed by atoms with Crippen molar-refractivity contribution in [1.29, 1.82) is 0 Å². The number of hydrogen-bond donors (Lipinski definition) is 0. The minimum atomic E-state index is -0.646. The molecule has 6 aromatic carbocycles. The van der Waals surface area contributed by atoms with Crippen molar-refractivity contribution in [3.05, 3.63) is 219 Å². The minimum absolute atomic E-state index is 0.0301. The SMILES string of the molecule is C=CC(=O)OCCCCCCOc1ccc(OC)cc1.C=CC(=O)OCCCCOc1ccc(OC)cc1.C=CC(=O)OCOC(=O)c1ccc(OC)cc1.C=CC(=O)OCOC(=O)c1ccc(OC)cc1.CC(=O)C1CCC(C(=O)Oc2ccc(OC(=O)C3CCC(C(C)=O)CC3)c(/C=C/N(C)c3ccccc3)c2)CC1. The van der Waals surface area contributed by atoms with Gasteiger partial charge >= 0.3 is 47.8 Å². The van der Waals surface area contributed by atoms with E-state index in [1.54, 1.807) is 94.8 Å². The van der Waals surface area contributed by atoms with Gasteiger partial charge in [0.15, 0.2) is 0 Å². The third kappa shape index (κ3) is 36.7. The van der Waals surface area contributed by atoms with Crippen LogP contribution in [0.4, 0.5) is 5.69 Å². The lowest BCUT2D eigenvalue weighted by atomic mass is 9.80. The molecule has 2 aliphatic carbocycles. The van der Waals surface area contributed by atoms with Crippen molar-refractivity contribution in [2.24, 2.45) is 23.7 Å². The molecular formula is C87H103NO24. The summed E-state index contributed by atoms with van der Waals surface area (Å²) < 4.78 is 70.9. The molecule has 0 N–H and O–H groups in total. The molecule has 0 radical (unpaired) electrons. The Morgan fingerprint density at radius 2 is 0.705 bits per heavy atom. The van der Waals surface area contributed by atoms with Crippen LogP contribution in [-0.4, -0.2) is 135 Å². The number of ether oxygens (including phenoxy) is 14. The summed E-state index contributed by atoms with van der Waals surface area (Å²) in [6.07, 6.45) is 18.9. The van der Waals surface area contributed by atoms with Crippen LogP contribution in [0.3, 0.4) is 0 Å². The first-order valence-corrected chi connectivity index (χ1v) is 36.4. The molecule has 0 aliphatic heterocycles. The number of hydrogen-bond acceptors (Lipinski definition) is 25. The largest absolute Gasteiger partial charge is 0.497 e. The molecular weight excluding hydrogens is 1440 g/mol. The summed E-state index contributed by atoms with van der Waals surface area (Å²) >= 11 is 0. The molecule has 6 aromatic rings. The molecule has 0 amide bonds. The second kappa shape index (κ2) is 53.5. The smallest absolute Gasteiger partial charge is 0.341 e. The van der Waals surface area contributed by atoms with E-state index in [1.807, 2.05) is 103 Å². The zero-order valence-electron chi connectivity index (χ0n) is 64.8. The van der Waals surface area contributed by atoms with Crippen LogP contribution >= 0.6 is 0 Å².